The highest BCUT2D eigenvalue weighted by molar-refractivity contribution is 5.96. The largest absolute Gasteiger partial charge is 0.497 e. The molecule has 0 saturated heterocycles. The number of carbonyl (C=O) groups excluding carboxylic acids is 2. The lowest BCUT2D eigenvalue weighted by molar-refractivity contribution is -0.149. The molecular formula is C24H27N3O7. The van der Waals surface area contributed by atoms with E-state index in [0.717, 1.165) is 0 Å². The third kappa shape index (κ3) is 5.83. The summed E-state index contributed by atoms with van der Waals surface area (Å²) >= 11 is 0. The normalized spacial score (nSPS) is 11.6. The van der Waals surface area contributed by atoms with Gasteiger partial charge in [-0.3, -0.25) is 4.79 Å². The second kappa shape index (κ2) is 11.2. The second-order valence-corrected chi connectivity index (χ2v) is 7.61. The zero-order valence-electron chi connectivity index (χ0n) is 19.7. The smallest absolute Gasteiger partial charge is 0.329 e. The summed E-state index contributed by atoms with van der Waals surface area (Å²) in [5, 5.41) is 6.65. The van der Waals surface area contributed by atoms with Gasteiger partial charge in [-0.1, -0.05) is 19.0 Å². The molecule has 10 nitrogen and oxygen atoms in total. The van der Waals surface area contributed by atoms with E-state index in [0.29, 0.717) is 28.4 Å². The molecule has 10 heteroatoms. The topological polar surface area (TPSA) is 122 Å². The van der Waals surface area contributed by atoms with Crippen molar-refractivity contribution in [3.63, 3.8) is 0 Å². The molecule has 1 heterocycles. The van der Waals surface area contributed by atoms with Gasteiger partial charge in [-0.05, 0) is 42.3 Å². The lowest BCUT2D eigenvalue weighted by atomic mass is 10.0. The molecule has 0 aliphatic heterocycles. The van der Waals surface area contributed by atoms with Gasteiger partial charge >= 0.3 is 5.97 Å². The van der Waals surface area contributed by atoms with Gasteiger partial charge in [0.25, 0.3) is 11.8 Å². The summed E-state index contributed by atoms with van der Waals surface area (Å²) in [4.78, 5) is 29.5. The van der Waals surface area contributed by atoms with Crippen molar-refractivity contribution < 1.29 is 33.1 Å². The monoisotopic (exact) mass is 469 g/mol. The molecule has 1 amide bonds. The SMILES string of the molecule is COc1ccc(C(=O)NC(C(=O)OCc2nc(-c3ccc(OC)cc3OC)no2)C(C)C)cc1. The molecule has 0 saturated carbocycles. The second-order valence-electron chi connectivity index (χ2n) is 7.61. The number of nitrogens with one attached hydrogen (secondary N) is 1. The third-order valence-corrected chi connectivity index (χ3v) is 5.01. The highest BCUT2D eigenvalue weighted by atomic mass is 16.6. The Morgan fingerprint density at radius 1 is 0.971 bits per heavy atom. The number of aromatic nitrogens is 2. The Morgan fingerprint density at radius 2 is 1.65 bits per heavy atom. The molecule has 1 atom stereocenters. The first-order valence-electron chi connectivity index (χ1n) is 10.5. The first-order chi connectivity index (χ1) is 16.4. The van der Waals surface area contributed by atoms with Gasteiger partial charge in [-0.25, -0.2) is 4.79 Å². The van der Waals surface area contributed by atoms with E-state index >= 15 is 0 Å². The molecule has 1 N–H and O–H groups in total. The van der Waals surface area contributed by atoms with Gasteiger partial charge in [0.1, 0.15) is 23.3 Å². The average Bonchev–Trinajstić information content (AvgIpc) is 3.33. The summed E-state index contributed by atoms with van der Waals surface area (Å²) in [7, 11) is 4.62. The zero-order chi connectivity index (χ0) is 24.7. The molecule has 0 fully saturated rings. The number of ether oxygens (including phenoxy) is 4. The van der Waals surface area contributed by atoms with E-state index < -0.39 is 17.9 Å². The van der Waals surface area contributed by atoms with Crippen LogP contribution in [0.3, 0.4) is 0 Å². The lowest BCUT2D eigenvalue weighted by Crippen LogP contribution is -2.45. The molecule has 1 unspecified atom stereocenters. The van der Waals surface area contributed by atoms with E-state index in [1.165, 1.54) is 7.11 Å². The van der Waals surface area contributed by atoms with Crippen LogP contribution in [-0.2, 0) is 16.1 Å². The number of nitrogens with zero attached hydrogens (tertiary/aromatic N) is 2. The van der Waals surface area contributed by atoms with Crippen LogP contribution in [0.1, 0.15) is 30.1 Å². The van der Waals surface area contributed by atoms with Crippen LogP contribution in [0, 0.1) is 5.92 Å². The van der Waals surface area contributed by atoms with E-state index in [-0.39, 0.29) is 24.2 Å². The van der Waals surface area contributed by atoms with Gasteiger partial charge in [-0.2, -0.15) is 4.98 Å². The minimum atomic E-state index is -0.862. The number of benzene rings is 2. The standard InChI is InChI=1S/C24H27N3O7/c1-14(2)21(26-23(28)15-6-8-16(30-3)9-7-15)24(29)33-13-20-25-22(27-34-20)18-11-10-17(31-4)12-19(18)32-5/h6-12,14,21H,13H2,1-5H3,(H,26,28). The average molecular weight is 469 g/mol. The van der Waals surface area contributed by atoms with Crippen LogP contribution >= 0.6 is 0 Å². The Balaban J connectivity index is 1.64. The minimum absolute atomic E-state index is 0.102. The van der Waals surface area contributed by atoms with Crippen LogP contribution in [-0.4, -0.2) is 49.4 Å². The molecule has 3 aromatic rings. The van der Waals surface area contributed by atoms with Gasteiger partial charge < -0.3 is 28.8 Å². The van der Waals surface area contributed by atoms with Crippen molar-refractivity contribution in [1.82, 2.24) is 15.5 Å². The van der Waals surface area contributed by atoms with Crippen LogP contribution in [0.5, 0.6) is 17.2 Å². The Bertz CT molecular complexity index is 1130. The van der Waals surface area contributed by atoms with Gasteiger partial charge in [-0.15, -0.1) is 0 Å². The van der Waals surface area contributed by atoms with E-state index in [1.807, 2.05) is 0 Å². The molecule has 0 aliphatic carbocycles. The number of amides is 1. The number of esters is 1. The van der Waals surface area contributed by atoms with Gasteiger partial charge in [0.15, 0.2) is 6.61 Å². The maximum Gasteiger partial charge on any atom is 0.329 e. The molecule has 1 aromatic heterocycles. The molecule has 0 aliphatic rings. The third-order valence-electron chi connectivity index (χ3n) is 5.01. The summed E-state index contributed by atoms with van der Waals surface area (Å²) in [5.74, 6) is 0.908. The maximum atomic E-state index is 12.7. The lowest BCUT2D eigenvalue weighted by Gasteiger charge is -2.20. The molecule has 3 rings (SSSR count). The molecule has 2 aromatic carbocycles. The van der Waals surface area contributed by atoms with Crippen molar-refractivity contribution >= 4 is 11.9 Å². The number of rotatable bonds is 10. The van der Waals surface area contributed by atoms with Crippen molar-refractivity contribution in [3.8, 4) is 28.6 Å². The number of methoxy groups -OCH3 is 3. The predicted molar refractivity (Wildman–Crippen MR) is 122 cm³/mol. The van der Waals surface area contributed by atoms with Crippen LogP contribution < -0.4 is 19.5 Å². The fourth-order valence-corrected chi connectivity index (χ4v) is 3.09. The van der Waals surface area contributed by atoms with E-state index in [2.05, 4.69) is 15.5 Å². The van der Waals surface area contributed by atoms with Gasteiger partial charge in [0, 0.05) is 11.6 Å². The maximum absolute atomic E-state index is 12.7. The predicted octanol–water partition coefficient (Wildman–Crippen LogP) is 3.26. The Hall–Kier alpha value is -4.08. The molecule has 34 heavy (non-hydrogen) atoms. The Labute approximate surface area is 197 Å². The molecule has 0 radical (unpaired) electrons. The summed E-state index contributed by atoms with van der Waals surface area (Å²) in [6.45, 7) is 3.37. The van der Waals surface area contributed by atoms with Crippen molar-refractivity contribution in [2.75, 3.05) is 21.3 Å². The highest BCUT2D eigenvalue weighted by Gasteiger charge is 2.27. The first kappa shape index (κ1) is 24.6. The van der Waals surface area contributed by atoms with E-state index in [9.17, 15) is 9.59 Å². The Kier molecular flexibility index (Phi) is 8.07. The highest BCUT2D eigenvalue weighted by Crippen LogP contribution is 2.31. The summed E-state index contributed by atoms with van der Waals surface area (Å²) in [6, 6.07) is 10.9. The number of hydrogen-bond donors (Lipinski definition) is 1. The number of hydrogen-bond acceptors (Lipinski definition) is 9. The van der Waals surface area contributed by atoms with Crippen molar-refractivity contribution in [2.45, 2.75) is 26.5 Å². The van der Waals surface area contributed by atoms with Crippen LogP contribution in [0.2, 0.25) is 0 Å². The van der Waals surface area contributed by atoms with Crippen molar-refractivity contribution in [1.29, 1.82) is 0 Å². The molecule has 180 valence electrons. The van der Waals surface area contributed by atoms with Gasteiger partial charge in [0.2, 0.25) is 5.82 Å². The molecule has 0 spiro atoms. The van der Waals surface area contributed by atoms with E-state index in [1.54, 1.807) is 70.5 Å². The summed E-state index contributed by atoms with van der Waals surface area (Å²) in [6.07, 6.45) is 0. The minimum Gasteiger partial charge on any atom is -0.497 e. The van der Waals surface area contributed by atoms with E-state index in [4.69, 9.17) is 23.5 Å². The zero-order valence-corrected chi connectivity index (χ0v) is 19.7. The molecular weight excluding hydrogens is 442 g/mol. The Morgan fingerprint density at radius 3 is 2.26 bits per heavy atom. The molecule has 0 bridgehead atoms. The quantitative estimate of drug-likeness (QED) is 0.446. The van der Waals surface area contributed by atoms with Crippen LogP contribution in [0.4, 0.5) is 0 Å². The van der Waals surface area contributed by atoms with Crippen molar-refractivity contribution in [3.05, 3.63) is 53.9 Å². The van der Waals surface area contributed by atoms with Crippen LogP contribution in [0.15, 0.2) is 47.0 Å². The number of carbonyl (C=O) groups is 2. The first-order valence-corrected chi connectivity index (χ1v) is 10.5. The summed E-state index contributed by atoms with van der Waals surface area (Å²) < 4.78 is 26.2. The fraction of sp³-hybridized carbons (Fsp3) is 0.333. The van der Waals surface area contributed by atoms with Crippen molar-refractivity contribution in [2.24, 2.45) is 5.92 Å². The fourth-order valence-electron chi connectivity index (χ4n) is 3.09. The van der Waals surface area contributed by atoms with Gasteiger partial charge in [0.05, 0.1) is 26.9 Å². The van der Waals surface area contributed by atoms with Crippen LogP contribution in [0.25, 0.3) is 11.4 Å². The summed E-state index contributed by atoms with van der Waals surface area (Å²) in [5.41, 5.74) is 0.991.